The Morgan fingerprint density at radius 3 is 1.22 bits per heavy atom. The fraction of sp³-hybridized carbons (Fsp3) is 0.145. The highest BCUT2D eigenvalue weighted by Crippen LogP contribution is 2.24. The predicted octanol–water partition coefficient (Wildman–Crippen LogP) is 15.1. The lowest BCUT2D eigenvalue weighted by molar-refractivity contribution is 0.0947. The first-order valence-corrected chi connectivity index (χ1v) is 26.1. The van der Waals surface area contributed by atoms with Crippen LogP contribution < -0.4 is 31.1 Å². The monoisotopic (exact) mass is 1140 g/mol. The number of carbonyl (C=O) groups is 4. The Kier molecular flexibility index (Phi) is 23.3. The SMILES string of the molecule is CNc1ccc(Cl)cc1.Cc1cc(C(=O)N(C)c2ccc(Cl)cc2)ccc1C#N.Cc1cc(C(=O)N(C)c2ccc(Cl)cc2)ccc1CN.Cc1cc(C(=O)N(C)c2ccc(Cl)cc2)ccc1CNC(=O)c1cccc(Cl)c1. The molecule has 0 spiro atoms. The summed E-state index contributed by atoms with van der Waals surface area (Å²) in [6, 6.07) is 53.9. The number of hydrogen-bond acceptors (Lipinski definition) is 7. The summed E-state index contributed by atoms with van der Waals surface area (Å²) in [7, 11) is 7.06. The Bertz CT molecular complexity index is 3390. The van der Waals surface area contributed by atoms with E-state index in [0.29, 0.717) is 61.0 Å². The van der Waals surface area contributed by atoms with Gasteiger partial charge in [-0.05, 0) is 206 Å². The topological polar surface area (TPSA) is 152 Å². The van der Waals surface area contributed by atoms with Crippen molar-refractivity contribution in [3.05, 3.63) is 257 Å². The van der Waals surface area contributed by atoms with Crippen LogP contribution in [-0.2, 0) is 13.1 Å². The maximum Gasteiger partial charge on any atom is 0.258 e. The van der Waals surface area contributed by atoms with E-state index in [4.69, 9.17) is 69.0 Å². The minimum atomic E-state index is -0.200. The van der Waals surface area contributed by atoms with Gasteiger partial charge >= 0.3 is 0 Å². The Balaban J connectivity index is 0.000000203. The molecule has 78 heavy (non-hydrogen) atoms. The normalized spacial score (nSPS) is 10.2. The van der Waals surface area contributed by atoms with Crippen molar-refractivity contribution >= 4 is 104 Å². The molecule has 0 atom stereocenters. The van der Waals surface area contributed by atoms with Crippen LogP contribution in [0.3, 0.4) is 0 Å². The summed E-state index contributed by atoms with van der Waals surface area (Å²) < 4.78 is 0. The molecule has 8 aromatic rings. The molecule has 0 aromatic heterocycles. The van der Waals surface area contributed by atoms with Gasteiger partial charge in [0.2, 0.25) is 0 Å². The minimum Gasteiger partial charge on any atom is -0.388 e. The Morgan fingerprint density at radius 1 is 0.474 bits per heavy atom. The van der Waals surface area contributed by atoms with Gasteiger partial charge in [0, 0.05) is 111 Å². The average Bonchev–Trinajstić information content (AvgIpc) is 3.45. The summed E-state index contributed by atoms with van der Waals surface area (Å²) in [5, 5.41) is 18.0. The molecule has 0 radical (unpaired) electrons. The van der Waals surface area contributed by atoms with Gasteiger partial charge in [0.15, 0.2) is 0 Å². The van der Waals surface area contributed by atoms with Crippen molar-refractivity contribution in [2.75, 3.05) is 48.2 Å². The van der Waals surface area contributed by atoms with Gasteiger partial charge in [-0.2, -0.15) is 5.26 Å². The van der Waals surface area contributed by atoms with E-state index in [1.165, 1.54) is 0 Å². The van der Waals surface area contributed by atoms with Crippen molar-refractivity contribution < 1.29 is 19.2 Å². The van der Waals surface area contributed by atoms with Crippen LogP contribution in [0, 0.1) is 32.1 Å². The van der Waals surface area contributed by atoms with Gasteiger partial charge in [-0.3, -0.25) is 19.2 Å². The number of anilines is 4. The van der Waals surface area contributed by atoms with Gasteiger partial charge in [0.05, 0.1) is 11.6 Å². The Morgan fingerprint density at radius 2 is 0.859 bits per heavy atom. The molecule has 16 heteroatoms. The highest BCUT2D eigenvalue weighted by molar-refractivity contribution is 6.32. The Labute approximate surface area is 481 Å². The van der Waals surface area contributed by atoms with Crippen LogP contribution in [0.4, 0.5) is 22.7 Å². The van der Waals surface area contributed by atoms with Gasteiger partial charge in [-0.25, -0.2) is 0 Å². The van der Waals surface area contributed by atoms with Gasteiger partial charge < -0.3 is 31.1 Å². The number of halogens is 5. The zero-order chi connectivity index (χ0) is 57.1. The first-order valence-electron chi connectivity index (χ1n) is 24.2. The van der Waals surface area contributed by atoms with E-state index in [1.807, 2.05) is 94.5 Å². The minimum absolute atomic E-state index is 0.0565. The highest BCUT2D eigenvalue weighted by Gasteiger charge is 2.18. The van der Waals surface area contributed by atoms with Crippen molar-refractivity contribution in [3.63, 3.8) is 0 Å². The molecular formula is C62H58Cl5N7O4. The standard InChI is InChI=1S/C23H20Cl2N2O2.C16H17ClN2O.C16H13ClN2O.C7H8ClN/c1-15-12-17(23(29)27(2)21-10-8-19(24)9-11-21)6-7-18(15)14-26-22(28)16-4-3-5-20(25)13-16;2*1-11-9-12(3-4-13(11)10-18)16(20)19(2)15-7-5-14(17)6-8-15;1-9-7-4-2-6(8)3-5-7/h3-13H,14H2,1-2H3,(H,26,28);3-9H,10,18H2,1-2H3;3-9H,1-2H3;2-5,9H,1H3. The number of hydrogen-bond donors (Lipinski definition) is 3. The number of benzene rings is 8. The largest absolute Gasteiger partial charge is 0.388 e. The number of nitrogens with two attached hydrogens (primary N) is 1. The first kappa shape index (κ1) is 61.2. The third-order valence-corrected chi connectivity index (χ3v) is 13.5. The number of carbonyl (C=O) groups excluding carboxylic acids is 4. The van der Waals surface area contributed by atoms with Gasteiger partial charge in [-0.15, -0.1) is 0 Å². The second kappa shape index (κ2) is 29.7. The van der Waals surface area contributed by atoms with E-state index in [1.54, 1.807) is 145 Å². The molecule has 0 aliphatic rings. The third kappa shape index (κ3) is 17.7. The number of nitriles is 1. The summed E-state index contributed by atoms with van der Waals surface area (Å²) in [5.41, 5.74) is 16.6. The third-order valence-electron chi connectivity index (χ3n) is 12.2. The number of rotatable bonds is 11. The lowest BCUT2D eigenvalue weighted by Crippen LogP contribution is -2.26. The van der Waals surface area contributed by atoms with Crippen LogP contribution in [0.25, 0.3) is 0 Å². The summed E-state index contributed by atoms with van der Waals surface area (Å²) in [6.45, 7) is 6.53. The zero-order valence-corrected chi connectivity index (χ0v) is 47.8. The van der Waals surface area contributed by atoms with Crippen LogP contribution in [0.5, 0.6) is 0 Å². The van der Waals surface area contributed by atoms with Crippen LogP contribution in [0.1, 0.15) is 74.8 Å². The van der Waals surface area contributed by atoms with Gasteiger partial charge in [0.1, 0.15) is 0 Å². The highest BCUT2D eigenvalue weighted by atomic mass is 35.5. The molecule has 400 valence electrons. The second-order valence-corrected chi connectivity index (χ2v) is 19.8. The molecule has 0 bridgehead atoms. The molecular weight excluding hydrogens is 1080 g/mol. The summed E-state index contributed by atoms with van der Waals surface area (Å²) in [6.07, 6.45) is 0. The quantitative estimate of drug-likeness (QED) is 0.117. The number of amides is 4. The number of aryl methyl sites for hydroxylation is 3. The first-order chi connectivity index (χ1) is 37.2. The van der Waals surface area contributed by atoms with E-state index in [9.17, 15) is 19.2 Å². The summed E-state index contributed by atoms with van der Waals surface area (Å²) in [4.78, 5) is 54.6. The van der Waals surface area contributed by atoms with E-state index in [2.05, 4.69) is 16.7 Å². The average molecular weight is 1140 g/mol. The molecule has 0 fully saturated rings. The van der Waals surface area contributed by atoms with Gasteiger partial charge in [0.25, 0.3) is 23.6 Å². The van der Waals surface area contributed by atoms with Crippen molar-refractivity contribution in [2.45, 2.75) is 33.9 Å². The van der Waals surface area contributed by atoms with E-state index < -0.39 is 0 Å². The molecule has 4 N–H and O–H groups in total. The zero-order valence-electron chi connectivity index (χ0n) is 44.0. The van der Waals surface area contributed by atoms with Crippen LogP contribution in [0.15, 0.2) is 176 Å². The van der Waals surface area contributed by atoms with Crippen LogP contribution in [0.2, 0.25) is 25.1 Å². The summed E-state index contributed by atoms with van der Waals surface area (Å²) >= 11 is 29.2. The number of nitrogens with one attached hydrogen (secondary N) is 2. The predicted molar refractivity (Wildman–Crippen MR) is 322 cm³/mol. The second-order valence-electron chi connectivity index (χ2n) is 17.6. The maximum atomic E-state index is 12.8. The smallest absolute Gasteiger partial charge is 0.258 e. The molecule has 0 saturated carbocycles. The van der Waals surface area contributed by atoms with Crippen molar-refractivity contribution in [2.24, 2.45) is 5.73 Å². The van der Waals surface area contributed by atoms with Crippen LogP contribution >= 0.6 is 58.0 Å². The van der Waals surface area contributed by atoms with E-state index in [-0.39, 0.29) is 23.6 Å². The molecule has 0 aliphatic carbocycles. The molecule has 8 aromatic carbocycles. The molecule has 0 aliphatic heterocycles. The van der Waals surface area contributed by atoms with E-state index >= 15 is 0 Å². The van der Waals surface area contributed by atoms with Crippen molar-refractivity contribution in [3.8, 4) is 6.07 Å². The number of nitrogens with zero attached hydrogens (tertiary/aromatic N) is 4. The van der Waals surface area contributed by atoms with Crippen LogP contribution in [-0.4, -0.2) is 51.8 Å². The Hall–Kier alpha value is -7.66. The molecule has 11 nitrogen and oxygen atoms in total. The molecule has 0 unspecified atom stereocenters. The lowest BCUT2D eigenvalue weighted by atomic mass is 10.0. The fourth-order valence-corrected chi connectivity index (χ4v) is 8.15. The van der Waals surface area contributed by atoms with E-state index in [0.717, 1.165) is 55.6 Å². The maximum absolute atomic E-state index is 12.8. The summed E-state index contributed by atoms with van der Waals surface area (Å²) in [5.74, 6) is -0.502. The lowest BCUT2D eigenvalue weighted by Gasteiger charge is -2.18. The van der Waals surface area contributed by atoms with Gasteiger partial charge in [-0.1, -0.05) is 76.2 Å². The van der Waals surface area contributed by atoms with Crippen molar-refractivity contribution in [1.29, 1.82) is 5.26 Å². The molecule has 4 amide bonds. The fourth-order valence-electron chi connectivity index (χ4n) is 7.46. The molecule has 0 saturated heterocycles. The van der Waals surface area contributed by atoms with Crippen molar-refractivity contribution in [1.82, 2.24) is 5.32 Å². The molecule has 8 rings (SSSR count). The molecule has 0 heterocycles.